The minimum Gasteiger partial charge on any atom is -0.494 e. The van der Waals surface area contributed by atoms with E-state index in [1.165, 1.54) is 0 Å². The van der Waals surface area contributed by atoms with E-state index >= 15 is 0 Å². The molecule has 5 N–H and O–H groups in total. The number of carbonyl (C=O) groups is 2. The van der Waals surface area contributed by atoms with Crippen LogP contribution in [0.5, 0.6) is 5.75 Å². The van der Waals surface area contributed by atoms with Crippen molar-refractivity contribution in [2.24, 2.45) is 0 Å². The molecule has 1 aromatic carbocycles. The summed E-state index contributed by atoms with van der Waals surface area (Å²) in [5.74, 6) is 0.782. The van der Waals surface area contributed by atoms with Gasteiger partial charge in [0.2, 0.25) is 5.91 Å². The molecule has 2 aromatic rings. The van der Waals surface area contributed by atoms with Crippen molar-refractivity contribution in [2.45, 2.75) is 76.8 Å². The topological polar surface area (TPSA) is 150 Å². The normalized spacial score (nSPS) is 17.1. The van der Waals surface area contributed by atoms with Crippen LogP contribution in [0.2, 0.25) is 0 Å². The number of hydrogen-bond donors (Lipinski definition) is 5. The van der Waals surface area contributed by atoms with Gasteiger partial charge in [-0.3, -0.25) is 4.79 Å². The van der Waals surface area contributed by atoms with Crippen molar-refractivity contribution >= 4 is 11.9 Å². The molecular weight excluding hydrogens is 452 g/mol. The molecular formula is C24H36N6O5. The van der Waals surface area contributed by atoms with Crippen LogP contribution in [0.3, 0.4) is 0 Å². The first kappa shape index (κ1) is 26.1. The van der Waals surface area contributed by atoms with Gasteiger partial charge in [0.05, 0.1) is 18.3 Å². The standard InChI is InChI=1S/C24H36N6O5/c1-17-20(27-22(32)26-17)9-5-4-6-10-21(31)25-15-7-2-3-8-16-35-19-13-11-18(12-14-19)30-23(33)28-29-24(30)34/h11-14,17,20H,2-10,15-16H2,1H3,(H,25,31)(H,28,33)(H,29,34)(H2,26,27,32)/t17-,20+/m0/s1. The lowest BCUT2D eigenvalue weighted by Crippen LogP contribution is -2.30. The van der Waals surface area contributed by atoms with E-state index in [2.05, 4.69) is 26.1 Å². The average Bonchev–Trinajstić information content (AvgIpc) is 3.34. The molecule has 192 valence electrons. The minimum atomic E-state index is -0.514. The molecule has 0 unspecified atom stereocenters. The third-order valence-corrected chi connectivity index (χ3v) is 6.14. The first-order chi connectivity index (χ1) is 16.9. The maximum Gasteiger partial charge on any atom is 0.348 e. The number of urea groups is 1. The fourth-order valence-corrected chi connectivity index (χ4v) is 4.11. The van der Waals surface area contributed by atoms with Gasteiger partial charge in [0.15, 0.2) is 0 Å². The summed E-state index contributed by atoms with van der Waals surface area (Å²) in [5, 5.41) is 13.2. The second-order valence-electron chi connectivity index (χ2n) is 8.91. The molecule has 1 aromatic heterocycles. The summed E-state index contributed by atoms with van der Waals surface area (Å²) in [5.41, 5.74) is -0.558. The maximum absolute atomic E-state index is 11.9. The van der Waals surface area contributed by atoms with Gasteiger partial charge in [0, 0.05) is 19.0 Å². The Bertz CT molecular complexity index is 1030. The first-order valence-corrected chi connectivity index (χ1v) is 12.4. The third kappa shape index (κ3) is 8.34. The Kier molecular flexibility index (Phi) is 10.00. The first-order valence-electron chi connectivity index (χ1n) is 12.4. The molecule has 1 aliphatic heterocycles. The SMILES string of the molecule is C[C@@H]1NC(=O)N[C@@H]1CCCCCC(=O)NCCCCCCOc1ccc(-n2c(=O)[nH][nH]c2=O)cc1. The van der Waals surface area contributed by atoms with E-state index in [4.69, 9.17) is 4.74 Å². The summed E-state index contributed by atoms with van der Waals surface area (Å²) in [7, 11) is 0. The average molecular weight is 489 g/mol. The van der Waals surface area contributed by atoms with E-state index in [0.29, 0.717) is 31.0 Å². The highest BCUT2D eigenvalue weighted by Gasteiger charge is 2.26. The molecule has 1 fully saturated rings. The van der Waals surface area contributed by atoms with Crippen LogP contribution in [-0.4, -0.2) is 51.9 Å². The van der Waals surface area contributed by atoms with Crippen LogP contribution in [0.25, 0.3) is 5.69 Å². The number of nitrogens with one attached hydrogen (secondary N) is 5. The molecule has 0 spiro atoms. The third-order valence-electron chi connectivity index (χ3n) is 6.14. The van der Waals surface area contributed by atoms with Crippen LogP contribution < -0.4 is 32.1 Å². The zero-order valence-corrected chi connectivity index (χ0v) is 20.2. The van der Waals surface area contributed by atoms with Gasteiger partial charge in [-0.05, 0) is 56.9 Å². The van der Waals surface area contributed by atoms with E-state index in [0.717, 1.165) is 55.9 Å². The van der Waals surface area contributed by atoms with E-state index in [1.807, 2.05) is 6.92 Å². The molecule has 11 heteroatoms. The van der Waals surface area contributed by atoms with Crippen molar-refractivity contribution in [3.05, 3.63) is 45.2 Å². The molecule has 1 aliphatic rings. The van der Waals surface area contributed by atoms with Gasteiger partial charge in [-0.15, -0.1) is 0 Å². The zero-order valence-electron chi connectivity index (χ0n) is 20.2. The number of benzene rings is 1. The van der Waals surface area contributed by atoms with Crippen LogP contribution in [0.4, 0.5) is 4.79 Å². The zero-order chi connectivity index (χ0) is 25.0. The minimum absolute atomic E-state index is 0.0902. The molecule has 0 radical (unpaired) electrons. The summed E-state index contributed by atoms with van der Waals surface area (Å²) in [6.45, 7) is 3.27. The lowest BCUT2D eigenvalue weighted by Gasteiger charge is -2.13. The molecule has 35 heavy (non-hydrogen) atoms. The molecule has 0 bridgehead atoms. The van der Waals surface area contributed by atoms with E-state index < -0.39 is 11.4 Å². The summed E-state index contributed by atoms with van der Waals surface area (Å²) in [4.78, 5) is 46.5. The summed E-state index contributed by atoms with van der Waals surface area (Å²) >= 11 is 0. The smallest absolute Gasteiger partial charge is 0.348 e. The fraction of sp³-hybridized carbons (Fsp3) is 0.583. The largest absolute Gasteiger partial charge is 0.494 e. The van der Waals surface area contributed by atoms with E-state index in [1.54, 1.807) is 24.3 Å². The van der Waals surface area contributed by atoms with Crippen molar-refractivity contribution in [2.75, 3.05) is 13.2 Å². The molecule has 0 saturated carbocycles. The number of aromatic amines is 2. The van der Waals surface area contributed by atoms with Gasteiger partial charge in [0.1, 0.15) is 5.75 Å². The Labute approximate surface area is 204 Å². The van der Waals surface area contributed by atoms with Gasteiger partial charge < -0.3 is 20.7 Å². The molecule has 2 heterocycles. The Morgan fingerprint density at radius 1 is 0.914 bits per heavy atom. The van der Waals surface area contributed by atoms with Crippen molar-refractivity contribution in [1.29, 1.82) is 0 Å². The molecule has 1 saturated heterocycles. The molecule has 3 rings (SSSR count). The van der Waals surface area contributed by atoms with Gasteiger partial charge in [-0.25, -0.2) is 29.1 Å². The number of carbonyl (C=O) groups excluding carboxylic acids is 2. The second kappa shape index (κ2) is 13.4. The Balaban J connectivity index is 1.15. The quantitative estimate of drug-likeness (QED) is 0.243. The molecule has 0 aliphatic carbocycles. The highest BCUT2D eigenvalue weighted by Crippen LogP contribution is 2.14. The number of amides is 3. The molecule has 3 amide bonds. The Hall–Kier alpha value is -3.50. The Morgan fingerprint density at radius 2 is 1.60 bits per heavy atom. The number of aromatic nitrogens is 3. The number of ether oxygens (including phenoxy) is 1. The van der Waals surface area contributed by atoms with E-state index in [-0.39, 0.29) is 24.0 Å². The van der Waals surface area contributed by atoms with E-state index in [9.17, 15) is 19.2 Å². The predicted octanol–water partition coefficient (Wildman–Crippen LogP) is 1.93. The summed E-state index contributed by atoms with van der Waals surface area (Å²) in [6, 6.07) is 7.05. The number of rotatable bonds is 15. The van der Waals surface area contributed by atoms with Crippen LogP contribution in [-0.2, 0) is 4.79 Å². The number of unbranched alkanes of at least 4 members (excludes halogenated alkanes) is 5. The van der Waals surface area contributed by atoms with Gasteiger partial charge >= 0.3 is 17.4 Å². The van der Waals surface area contributed by atoms with Crippen molar-refractivity contribution in [3.63, 3.8) is 0 Å². The highest BCUT2D eigenvalue weighted by molar-refractivity contribution is 5.77. The highest BCUT2D eigenvalue weighted by atomic mass is 16.5. The predicted molar refractivity (Wildman–Crippen MR) is 132 cm³/mol. The fourth-order valence-electron chi connectivity index (χ4n) is 4.11. The summed E-state index contributed by atoms with van der Waals surface area (Å²) in [6.07, 6.45) is 8.20. The maximum atomic E-state index is 11.9. The van der Waals surface area contributed by atoms with Crippen molar-refractivity contribution in [3.8, 4) is 11.4 Å². The van der Waals surface area contributed by atoms with Crippen molar-refractivity contribution < 1.29 is 14.3 Å². The van der Waals surface area contributed by atoms with Crippen molar-refractivity contribution in [1.82, 2.24) is 30.7 Å². The lowest BCUT2D eigenvalue weighted by molar-refractivity contribution is -0.121. The van der Waals surface area contributed by atoms with Crippen LogP contribution in [0.15, 0.2) is 33.9 Å². The number of hydrogen-bond acceptors (Lipinski definition) is 5. The van der Waals surface area contributed by atoms with Gasteiger partial charge in [0.25, 0.3) is 0 Å². The number of H-pyrrole nitrogens is 2. The van der Waals surface area contributed by atoms with Crippen LogP contribution >= 0.6 is 0 Å². The van der Waals surface area contributed by atoms with Gasteiger partial charge in [-0.1, -0.05) is 25.7 Å². The monoisotopic (exact) mass is 488 g/mol. The Morgan fingerprint density at radius 3 is 2.29 bits per heavy atom. The van der Waals surface area contributed by atoms with Crippen LogP contribution in [0.1, 0.15) is 64.7 Å². The lowest BCUT2D eigenvalue weighted by atomic mass is 10.0. The molecule has 2 atom stereocenters. The van der Waals surface area contributed by atoms with Gasteiger partial charge in [-0.2, -0.15) is 0 Å². The van der Waals surface area contributed by atoms with Crippen LogP contribution in [0, 0.1) is 0 Å². The summed E-state index contributed by atoms with van der Waals surface area (Å²) < 4.78 is 6.73. The number of nitrogens with zero attached hydrogens (tertiary/aromatic N) is 1. The molecule has 11 nitrogen and oxygen atoms in total. The second-order valence-corrected chi connectivity index (χ2v) is 8.91.